The molecule has 0 aromatic carbocycles. The molecule has 0 unspecified atom stereocenters. The molecule has 0 aliphatic rings. The molecule has 0 saturated carbocycles. The Labute approximate surface area is 429 Å². The van der Waals surface area contributed by atoms with Crippen molar-refractivity contribution in [3.63, 3.8) is 0 Å². The highest BCUT2D eigenvalue weighted by molar-refractivity contribution is 5.71. The summed E-state index contributed by atoms with van der Waals surface area (Å²) in [5.74, 6) is -0.873. The van der Waals surface area contributed by atoms with Crippen LogP contribution in [0, 0.1) is 0 Å². The minimum absolute atomic E-state index is 0.0745. The lowest BCUT2D eigenvalue weighted by Crippen LogP contribution is -2.30. The molecule has 6 nitrogen and oxygen atoms in total. The number of carbonyl (C=O) groups is 3. The van der Waals surface area contributed by atoms with Crippen LogP contribution in [0.1, 0.15) is 329 Å². The third kappa shape index (κ3) is 56.4. The monoisotopic (exact) mass is 969 g/mol. The van der Waals surface area contributed by atoms with E-state index in [4.69, 9.17) is 14.2 Å². The second-order valence-corrected chi connectivity index (χ2v) is 20.6. The van der Waals surface area contributed by atoms with Gasteiger partial charge in [0.05, 0.1) is 0 Å². The maximum atomic E-state index is 12.9. The lowest BCUT2D eigenvalue weighted by atomic mass is 10.0. The number of hydrogen-bond acceptors (Lipinski definition) is 6. The molecule has 1 atom stereocenters. The molecule has 0 heterocycles. The fraction of sp³-hybridized carbons (Fsp3) is 0.857. The lowest BCUT2D eigenvalue weighted by molar-refractivity contribution is -0.167. The SMILES string of the molecule is CCCCC/C=C/C/C=C/CCCCCCCC(=O)OC[C@H](COC(=O)CCCCCCCCCCCCCCCCCCCCC)OC(=O)CCCCCCCCC/C=C/CCCCCCCC. The Balaban J connectivity index is 4.34. The summed E-state index contributed by atoms with van der Waals surface area (Å²) in [5, 5.41) is 0. The van der Waals surface area contributed by atoms with Gasteiger partial charge in [-0.1, -0.05) is 269 Å². The Bertz CT molecular complexity index is 1160. The summed E-state index contributed by atoms with van der Waals surface area (Å²) >= 11 is 0. The van der Waals surface area contributed by atoms with Gasteiger partial charge in [0.25, 0.3) is 0 Å². The smallest absolute Gasteiger partial charge is 0.306 e. The Morgan fingerprint density at radius 2 is 0.522 bits per heavy atom. The van der Waals surface area contributed by atoms with Crippen molar-refractivity contribution < 1.29 is 28.6 Å². The van der Waals surface area contributed by atoms with Crippen LogP contribution in [0.3, 0.4) is 0 Å². The molecule has 0 radical (unpaired) electrons. The maximum Gasteiger partial charge on any atom is 0.306 e. The van der Waals surface area contributed by atoms with Crippen LogP contribution in [0.15, 0.2) is 36.5 Å². The van der Waals surface area contributed by atoms with E-state index in [1.54, 1.807) is 0 Å². The second kappa shape index (κ2) is 58.2. The first-order chi connectivity index (χ1) is 34.0. The minimum Gasteiger partial charge on any atom is -0.462 e. The predicted molar refractivity (Wildman–Crippen MR) is 298 cm³/mol. The van der Waals surface area contributed by atoms with Crippen LogP contribution in [-0.2, 0) is 28.6 Å². The molecule has 0 aromatic heterocycles. The second-order valence-electron chi connectivity index (χ2n) is 20.6. The molecule has 0 aromatic rings. The molecule has 0 N–H and O–H groups in total. The highest BCUT2D eigenvalue weighted by Gasteiger charge is 2.19. The van der Waals surface area contributed by atoms with Crippen LogP contribution in [0.5, 0.6) is 0 Å². The van der Waals surface area contributed by atoms with Gasteiger partial charge >= 0.3 is 17.9 Å². The standard InChI is InChI=1S/C63H116O6/c1-4-7-10-13-16-19-22-25-28-30-31-33-35-38-41-44-47-50-53-56-62(65)68-59-60(58-67-61(64)55-52-49-46-43-40-37-34-27-24-21-18-15-12-9-6-3)69-63(66)57-54-51-48-45-42-39-36-32-29-26-23-20-17-14-11-8-5-2/h18,21,26-27,29,34,60H,4-17,19-20,22-25,28,30-33,35-59H2,1-3H3/b21-18+,29-26+,34-27+/t60-/m1/s1. The van der Waals surface area contributed by atoms with E-state index >= 15 is 0 Å². The van der Waals surface area contributed by atoms with E-state index in [1.165, 1.54) is 212 Å². The summed E-state index contributed by atoms with van der Waals surface area (Å²) in [7, 11) is 0. The molecule has 69 heavy (non-hydrogen) atoms. The average Bonchev–Trinajstić information content (AvgIpc) is 3.35. The third-order valence-corrected chi connectivity index (χ3v) is 13.6. The van der Waals surface area contributed by atoms with Gasteiger partial charge in [0.15, 0.2) is 6.10 Å². The van der Waals surface area contributed by atoms with Crippen molar-refractivity contribution in [3.05, 3.63) is 36.5 Å². The molecule has 0 bridgehead atoms. The fourth-order valence-electron chi connectivity index (χ4n) is 9.00. The topological polar surface area (TPSA) is 78.9 Å². The molecule has 0 rings (SSSR count). The minimum atomic E-state index is -0.778. The molecule has 0 saturated heterocycles. The third-order valence-electron chi connectivity index (χ3n) is 13.6. The summed E-state index contributed by atoms with van der Waals surface area (Å²) in [4.78, 5) is 38.2. The summed E-state index contributed by atoms with van der Waals surface area (Å²) in [5.41, 5.74) is 0. The zero-order valence-electron chi connectivity index (χ0n) is 46.3. The number of rotatable bonds is 56. The molecule has 0 fully saturated rings. The van der Waals surface area contributed by atoms with E-state index in [0.717, 1.165) is 77.0 Å². The Hall–Kier alpha value is -2.37. The largest absolute Gasteiger partial charge is 0.462 e. The van der Waals surface area contributed by atoms with Gasteiger partial charge in [0.2, 0.25) is 0 Å². The molecule has 404 valence electrons. The van der Waals surface area contributed by atoms with Crippen molar-refractivity contribution in [2.24, 2.45) is 0 Å². The Kier molecular flexibility index (Phi) is 56.2. The van der Waals surface area contributed by atoms with Gasteiger partial charge in [0.1, 0.15) is 13.2 Å². The van der Waals surface area contributed by atoms with Crippen molar-refractivity contribution in [2.75, 3.05) is 13.2 Å². The van der Waals surface area contributed by atoms with Gasteiger partial charge in [0, 0.05) is 19.3 Å². The Morgan fingerprint density at radius 1 is 0.290 bits per heavy atom. The van der Waals surface area contributed by atoms with Crippen molar-refractivity contribution in [1.29, 1.82) is 0 Å². The zero-order chi connectivity index (χ0) is 50.0. The van der Waals surface area contributed by atoms with Crippen LogP contribution in [0.2, 0.25) is 0 Å². The van der Waals surface area contributed by atoms with Crippen molar-refractivity contribution in [2.45, 2.75) is 335 Å². The zero-order valence-corrected chi connectivity index (χ0v) is 46.3. The van der Waals surface area contributed by atoms with Crippen LogP contribution in [0.4, 0.5) is 0 Å². The lowest BCUT2D eigenvalue weighted by Gasteiger charge is -2.18. The first-order valence-corrected chi connectivity index (χ1v) is 30.5. The number of esters is 3. The summed E-state index contributed by atoms with van der Waals surface area (Å²) in [6, 6.07) is 0. The normalized spacial score (nSPS) is 12.2. The van der Waals surface area contributed by atoms with Crippen molar-refractivity contribution >= 4 is 17.9 Å². The number of unbranched alkanes of at least 4 members (excludes halogenated alkanes) is 39. The van der Waals surface area contributed by atoms with Crippen LogP contribution < -0.4 is 0 Å². The summed E-state index contributed by atoms with van der Waals surface area (Å²) < 4.78 is 16.9. The molecule has 6 heteroatoms. The number of allylic oxidation sites excluding steroid dienone is 6. The molecule has 0 spiro atoms. The van der Waals surface area contributed by atoms with Gasteiger partial charge < -0.3 is 14.2 Å². The number of carbonyl (C=O) groups excluding carboxylic acids is 3. The van der Waals surface area contributed by atoms with Gasteiger partial charge in [-0.3, -0.25) is 14.4 Å². The fourth-order valence-corrected chi connectivity index (χ4v) is 9.00. The number of hydrogen-bond donors (Lipinski definition) is 0. The van der Waals surface area contributed by atoms with Crippen LogP contribution in [0.25, 0.3) is 0 Å². The molecular formula is C63H116O6. The van der Waals surface area contributed by atoms with E-state index in [-0.39, 0.29) is 31.1 Å². The van der Waals surface area contributed by atoms with Gasteiger partial charge in [-0.05, 0) is 77.0 Å². The quantitative estimate of drug-likeness (QED) is 0.0261. The van der Waals surface area contributed by atoms with E-state index in [0.29, 0.717) is 19.3 Å². The molecule has 0 aliphatic carbocycles. The predicted octanol–water partition coefficient (Wildman–Crippen LogP) is 20.4. The average molecular weight is 970 g/mol. The van der Waals surface area contributed by atoms with E-state index < -0.39 is 6.10 Å². The molecule has 0 amide bonds. The summed E-state index contributed by atoms with van der Waals surface area (Å²) in [6.07, 6.45) is 69.9. The summed E-state index contributed by atoms with van der Waals surface area (Å²) in [6.45, 7) is 6.65. The first kappa shape index (κ1) is 66.6. The van der Waals surface area contributed by atoms with Crippen LogP contribution in [-0.4, -0.2) is 37.2 Å². The molecular weight excluding hydrogens is 853 g/mol. The maximum absolute atomic E-state index is 12.9. The Morgan fingerprint density at radius 3 is 0.841 bits per heavy atom. The van der Waals surface area contributed by atoms with Gasteiger partial charge in [-0.2, -0.15) is 0 Å². The first-order valence-electron chi connectivity index (χ1n) is 30.5. The number of ether oxygens (including phenoxy) is 3. The van der Waals surface area contributed by atoms with Gasteiger partial charge in [-0.15, -0.1) is 0 Å². The molecule has 0 aliphatic heterocycles. The van der Waals surface area contributed by atoms with Crippen molar-refractivity contribution in [3.8, 4) is 0 Å². The van der Waals surface area contributed by atoms with Crippen molar-refractivity contribution in [1.82, 2.24) is 0 Å². The van der Waals surface area contributed by atoms with E-state index in [9.17, 15) is 14.4 Å². The van der Waals surface area contributed by atoms with Crippen LogP contribution >= 0.6 is 0 Å². The highest BCUT2D eigenvalue weighted by atomic mass is 16.6. The van der Waals surface area contributed by atoms with Gasteiger partial charge in [-0.25, -0.2) is 0 Å². The van der Waals surface area contributed by atoms with E-state index in [1.807, 2.05) is 0 Å². The van der Waals surface area contributed by atoms with E-state index in [2.05, 4.69) is 57.2 Å². The highest BCUT2D eigenvalue weighted by Crippen LogP contribution is 2.17.